The highest BCUT2D eigenvalue weighted by atomic mass is 127. The van der Waals surface area contributed by atoms with Crippen molar-refractivity contribution >= 4 is 35.6 Å². The van der Waals surface area contributed by atoms with Gasteiger partial charge in [0.1, 0.15) is 5.82 Å². The molecule has 2 heterocycles. The van der Waals surface area contributed by atoms with Crippen LogP contribution in [0, 0.1) is 11.7 Å². The molecule has 0 amide bonds. The number of nitrogens with zero attached hydrogens (tertiary/aromatic N) is 5. The minimum atomic E-state index is -0.118. The zero-order chi connectivity index (χ0) is 22.1. The Kier molecular flexibility index (Phi) is 12.0. The summed E-state index contributed by atoms with van der Waals surface area (Å²) in [5.41, 5.74) is 0.734. The maximum atomic E-state index is 14.0. The lowest BCUT2D eigenvalue weighted by atomic mass is 10.1. The molecule has 1 aromatic rings. The molecule has 2 aliphatic rings. The van der Waals surface area contributed by atoms with E-state index in [4.69, 9.17) is 0 Å². The first-order valence-electron chi connectivity index (χ1n) is 12.0. The van der Waals surface area contributed by atoms with Gasteiger partial charge in [-0.1, -0.05) is 26.0 Å². The number of hydrogen-bond acceptors (Lipinski definition) is 4. The standard InChI is InChI=1S/C24H41FN6.HI/c1-4-28(5-2)19-21-11-14-31(20-21)24(26-3)27-12-8-13-29-15-17-30(18-16-29)23-10-7-6-9-22(23)25;/h6-7,9-10,21H,4-5,8,11-20H2,1-3H3,(H,26,27);1H. The third kappa shape index (κ3) is 7.73. The lowest BCUT2D eigenvalue weighted by molar-refractivity contribution is 0.253. The third-order valence-electron chi connectivity index (χ3n) is 6.71. The summed E-state index contributed by atoms with van der Waals surface area (Å²) in [6.45, 7) is 15.9. The molecule has 0 aromatic heterocycles. The van der Waals surface area contributed by atoms with Gasteiger partial charge < -0.3 is 20.0 Å². The first kappa shape index (κ1) is 27.1. The van der Waals surface area contributed by atoms with Gasteiger partial charge in [-0.3, -0.25) is 9.89 Å². The molecular formula is C24H42FIN6. The molecule has 0 bridgehead atoms. The van der Waals surface area contributed by atoms with Gasteiger partial charge in [-0.2, -0.15) is 0 Å². The molecule has 0 saturated carbocycles. The number of anilines is 1. The van der Waals surface area contributed by atoms with Crippen molar-refractivity contribution in [1.29, 1.82) is 0 Å². The number of nitrogens with one attached hydrogen (secondary N) is 1. The Bertz CT molecular complexity index is 691. The number of hydrogen-bond donors (Lipinski definition) is 1. The minimum absolute atomic E-state index is 0. The molecule has 32 heavy (non-hydrogen) atoms. The van der Waals surface area contributed by atoms with Gasteiger partial charge in [0.15, 0.2) is 5.96 Å². The first-order valence-corrected chi connectivity index (χ1v) is 12.0. The van der Waals surface area contributed by atoms with Crippen molar-refractivity contribution in [1.82, 2.24) is 20.0 Å². The molecule has 1 unspecified atom stereocenters. The van der Waals surface area contributed by atoms with Crippen LogP contribution in [-0.2, 0) is 0 Å². The van der Waals surface area contributed by atoms with Crippen molar-refractivity contribution in [2.45, 2.75) is 26.7 Å². The van der Waals surface area contributed by atoms with E-state index in [-0.39, 0.29) is 29.8 Å². The number of halogens is 2. The average Bonchev–Trinajstić information content (AvgIpc) is 3.26. The Labute approximate surface area is 211 Å². The summed E-state index contributed by atoms with van der Waals surface area (Å²) in [4.78, 5) is 14.1. The normalized spacial score (nSPS) is 20.0. The average molecular weight is 561 g/mol. The van der Waals surface area contributed by atoms with Gasteiger partial charge in [0.2, 0.25) is 0 Å². The van der Waals surface area contributed by atoms with Crippen LogP contribution in [0.5, 0.6) is 0 Å². The number of para-hydroxylation sites is 1. The number of likely N-dealkylation sites (tertiary alicyclic amines) is 1. The van der Waals surface area contributed by atoms with Crippen LogP contribution in [-0.4, -0.2) is 99.7 Å². The second kappa shape index (κ2) is 14.2. The summed E-state index contributed by atoms with van der Waals surface area (Å²) in [6, 6.07) is 7.09. The first-order chi connectivity index (χ1) is 15.1. The van der Waals surface area contributed by atoms with E-state index in [0.29, 0.717) is 0 Å². The molecule has 2 saturated heterocycles. The zero-order valence-electron chi connectivity index (χ0n) is 20.1. The van der Waals surface area contributed by atoms with Crippen LogP contribution in [0.4, 0.5) is 10.1 Å². The van der Waals surface area contributed by atoms with E-state index < -0.39 is 0 Å². The van der Waals surface area contributed by atoms with Crippen LogP contribution >= 0.6 is 24.0 Å². The topological polar surface area (TPSA) is 37.4 Å². The van der Waals surface area contributed by atoms with E-state index in [1.54, 1.807) is 12.1 Å². The van der Waals surface area contributed by atoms with Crippen LogP contribution < -0.4 is 10.2 Å². The smallest absolute Gasteiger partial charge is 0.193 e. The second-order valence-electron chi connectivity index (χ2n) is 8.69. The highest BCUT2D eigenvalue weighted by Gasteiger charge is 2.26. The van der Waals surface area contributed by atoms with E-state index in [1.165, 1.54) is 13.0 Å². The number of rotatable bonds is 9. The predicted octanol–water partition coefficient (Wildman–Crippen LogP) is 3.19. The second-order valence-corrected chi connectivity index (χ2v) is 8.69. The lowest BCUT2D eigenvalue weighted by Crippen LogP contribution is -2.47. The summed E-state index contributed by atoms with van der Waals surface area (Å²) in [5.74, 6) is 1.67. The molecule has 1 atom stereocenters. The van der Waals surface area contributed by atoms with Crippen LogP contribution in [0.3, 0.4) is 0 Å². The van der Waals surface area contributed by atoms with E-state index in [0.717, 1.165) is 89.4 Å². The van der Waals surface area contributed by atoms with E-state index in [1.807, 2.05) is 19.2 Å². The molecule has 0 aliphatic carbocycles. The quantitative estimate of drug-likeness (QED) is 0.218. The van der Waals surface area contributed by atoms with Crippen LogP contribution in [0.25, 0.3) is 0 Å². The lowest BCUT2D eigenvalue weighted by Gasteiger charge is -2.36. The maximum absolute atomic E-state index is 14.0. The van der Waals surface area contributed by atoms with Gasteiger partial charge in [-0.15, -0.1) is 24.0 Å². The molecule has 2 aliphatic heterocycles. The fraction of sp³-hybridized carbons (Fsp3) is 0.708. The highest BCUT2D eigenvalue weighted by molar-refractivity contribution is 14.0. The zero-order valence-corrected chi connectivity index (χ0v) is 22.4. The Morgan fingerprint density at radius 1 is 1.12 bits per heavy atom. The molecule has 182 valence electrons. The predicted molar refractivity (Wildman–Crippen MR) is 144 cm³/mol. The molecule has 0 radical (unpaired) electrons. The monoisotopic (exact) mass is 560 g/mol. The van der Waals surface area contributed by atoms with E-state index in [9.17, 15) is 4.39 Å². The fourth-order valence-corrected chi connectivity index (χ4v) is 4.78. The molecule has 8 heteroatoms. The maximum Gasteiger partial charge on any atom is 0.193 e. The SMILES string of the molecule is CCN(CC)CC1CCN(C(=NC)NCCCN2CCN(c3ccccc3F)CC2)C1.I. The molecule has 2 fully saturated rings. The van der Waals surface area contributed by atoms with Crippen LogP contribution in [0.2, 0.25) is 0 Å². The van der Waals surface area contributed by atoms with Gasteiger partial charge in [0, 0.05) is 59.4 Å². The summed E-state index contributed by atoms with van der Waals surface area (Å²) in [6.07, 6.45) is 2.35. The Morgan fingerprint density at radius 3 is 2.50 bits per heavy atom. The van der Waals surface area contributed by atoms with Crippen LogP contribution in [0.15, 0.2) is 29.3 Å². The third-order valence-corrected chi connectivity index (χ3v) is 6.71. The number of guanidine groups is 1. The van der Waals surface area contributed by atoms with Gasteiger partial charge >= 0.3 is 0 Å². The molecule has 0 spiro atoms. The summed E-state index contributed by atoms with van der Waals surface area (Å²) < 4.78 is 14.0. The molecule has 6 nitrogen and oxygen atoms in total. The Balaban J connectivity index is 0.00000363. The molecular weight excluding hydrogens is 518 g/mol. The summed E-state index contributed by atoms with van der Waals surface area (Å²) in [5, 5.41) is 3.57. The molecule has 3 rings (SSSR count). The summed E-state index contributed by atoms with van der Waals surface area (Å²) >= 11 is 0. The number of aliphatic imine (C=N–C) groups is 1. The largest absolute Gasteiger partial charge is 0.367 e. The van der Waals surface area contributed by atoms with Gasteiger partial charge in [0.05, 0.1) is 5.69 Å². The fourth-order valence-electron chi connectivity index (χ4n) is 4.78. The van der Waals surface area contributed by atoms with E-state index in [2.05, 4.69) is 43.8 Å². The number of piperazine rings is 1. The Morgan fingerprint density at radius 2 is 1.84 bits per heavy atom. The van der Waals surface area contributed by atoms with Gasteiger partial charge in [-0.05, 0) is 50.5 Å². The van der Waals surface area contributed by atoms with Crippen molar-refractivity contribution in [2.75, 3.05) is 83.9 Å². The van der Waals surface area contributed by atoms with Crippen molar-refractivity contribution < 1.29 is 4.39 Å². The van der Waals surface area contributed by atoms with Gasteiger partial charge in [0.25, 0.3) is 0 Å². The Hall–Kier alpha value is -1.13. The van der Waals surface area contributed by atoms with E-state index >= 15 is 0 Å². The van der Waals surface area contributed by atoms with Crippen molar-refractivity contribution in [2.24, 2.45) is 10.9 Å². The minimum Gasteiger partial charge on any atom is -0.367 e. The molecule has 1 N–H and O–H groups in total. The van der Waals surface area contributed by atoms with Crippen LogP contribution in [0.1, 0.15) is 26.7 Å². The molecule has 1 aromatic carbocycles. The van der Waals surface area contributed by atoms with Crippen molar-refractivity contribution in [3.05, 3.63) is 30.1 Å². The number of benzene rings is 1. The van der Waals surface area contributed by atoms with Crippen molar-refractivity contribution in [3.8, 4) is 0 Å². The summed E-state index contributed by atoms with van der Waals surface area (Å²) in [7, 11) is 1.89. The van der Waals surface area contributed by atoms with Gasteiger partial charge in [-0.25, -0.2) is 4.39 Å². The van der Waals surface area contributed by atoms with Crippen molar-refractivity contribution in [3.63, 3.8) is 0 Å². The highest BCUT2D eigenvalue weighted by Crippen LogP contribution is 2.20.